The van der Waals surface area contributed by atoms with Crippen LogP contribution in [0.1, 0.15) is 5.56 Å². The largest absolute Gasteiger partial charge is 0.507 e. The van der Waals surface area contributed by atoms with E-state index in [1.807, 2.05) is 6.07 Å². The Labute approximate surface area is 142 Å². The summed E-state index contributed by atoms with van der Waals surface area (Å²) in [6.07, 6.45) is 2.84. The van der Waals surface area contributed by atoms with Crippen LogP contribution in [-0.4, -0.2) is 21.1 Å². The van der Waals surface area contributed by atoms with Gasteiger partial charge in [-0.2, -0.15) is 14.9 Å². The van der Waals surface area contributed by atoms with Crippen molar-refractivity contribution in [3.8, 4) is 11.4 Å². The zero-order valence-corrected chi connectivity index (χ0v) is 13.2. The second kappa shape index (κ2) is 6.97. The Balaban J connectivity index is 1.84. The van der Waals surface area contributed by atoms with Crippen LogP contribution in [0.15, 0.2) is 70.7 Å². The van der Waals surface area contributed by atoms with Crippen molar-refractivity contribution in [2.45, 2.75) is 0 Å². The molecule has 1 aromatic heterocycles. The standard InChI is InChI=1S/C17H13ClN4O2/c18-16-14(21-19-10-12-6-4-5-9-15(12)23)11-20-22(17(16)24)13-7-2-1-3-8-13/h1-11,21,23H/b19-10+. The zero-order chi connectivity index (χ0) is 16.9. The molecule has 1 heterocycles. The number of aromatic hydroxyl groups is 1. The van der Waals surface area contributed by atoms with E-state index in [0.29, 0.717) is 11.3 Å². The van der Waals surface area contributed by atoms with Crippen LogP contribution in [0, 0.1) is 0 Å². The lowest BCUT2D eigenvalue weighted by Gasteiger charge is -2.07. The van der Waals surface area contributed by atoms with Gasteiger partial charge in [0.15, 0.2) is 0 Å². The summed E-state index contributed by atoms with van der Waals surface area (Å²) in [6, 6.07) is 15.7. The number of phenols is 1. The average molecular weight is 341 g/mol. The van der Waals surface area contributed by atoms with E-state index in [-0.39, 0.29) is 16.5 Å². The molecule has 120 valence electrons. The van der Waals surface area contributed by atoms with Crippen LogP contribution < -0.4 is 11.0 Å². The second-order valence-electron chi connectivity index (χ2n) is 4.85. The molecule has 0 atom stereocenters. The van der Waals surface area contributed by atoms with Crippen LogP contribution >= 0.6 is 11.6 Å². The molecular weight excluding hydrogens is 328 g/mol. The third-order valence-corrected chi connectivity index (χ3v) is 3.61. The fourth-order valence-electron chi connectivity index (χ4n) is 2.03. The number of nitrogens with zero attached hydrogens (tertiary/aromatic N) is 3. The van der Waals surface area contributed by atoms with Crippen molar-refractivity contribution in [2.75, 3.05) is 5.43 Å². The van der Waals surface area contributed by atoms with E-state index in [1.54, 1.807) is 48.5 Å². The Morgan fingerprint density at radius 2 is 1.83 bits per heavy atom. The predicted octanol–water partition coefficient (Wildman–Crippen LogP) is 3.04. The van der Waals surface area contributed by atoms with Gasteiger partial charge in [-0.05, 0) is 24.3 Å². The molecule has 0 fully saturated rings. The van der Waals surface area contributed by atoms with E-state index >= 15 is 0 Å². The minimum Gasteiger partial charge on any atom is -0.507 e. The van der Waals surface area contributed by atoms with Crippen molar-refractivity contribution in [3.05, 3.63) is 81.7 Å². The number of hydrazone groups is 1. The molecular formula is C17H13ClN4O2. The molecule has 3 aromatic rings. The summed E-state index contributed by atoms with van der Waals surface area (Å²) in [6.45, 7) is 0. The van der Waals surface area contributed by atoms with Gasteiger partial charge in [-0.1, -0.05) is 41.9 Å². The van der Waals surface area contributed by atoms with Crippen molar-refractivity contribution in [3.63, 3.8) is 0 Å². The molecule has 7 heteroatoms. The number of nitrogens with one attached hydrogen (secondary N) is 1. The van der Waals surface area contributed by atoms with Crippen molar-refractivity contribution in [1.29, 1.82) is 0 Å². The van der Waals surface area contributed by atoms with Gasteiger partial charge in [0, 0.05) is 5.56 Å². The monoisotopic (exact) mass is 340 g/mol. The molecule has 0 unspecified atom stereocenters. The third-order valence-electron chi connectivity index (χ3n) is 3.25. The summed E-state index contributed by atoms with van der Waals surface area (Å²) in [7, 11) is 0. The molecule has 24 heavy (non-hydrogen) atoms. The van der Waals surface area contributed by atoms with Crippen LogP contribution in [0.25, 0.3) is 5.69 Å². The molecule has 0 radical (unpaired) electrons. The lowest BCUT2D eigenvalue weighted by atomic mass is 10.2. The second-order valence-corrected chi connectivity index (χ2v) is 5.23. The van der Waals surface area contributed by atoms with E-state index < -0.39 is 5.56 Å². The van der Waals surface area contributed by atoms with E-state index in [4.69, 9.17) is 11.6 Å². The number of halogens is 1. The SMILES string of the molecule is O=c1c(Cl)c(N/N=C/c2ccccc2O)cnn1-c1ccccc1. The van der Waals surface area contributed by atoms with Gasteiger partial charge in [0.1, 0.15) is 16.5 Å². The molecule has 0 amide bonds. The number of aromatic nitrogens is 2. The number of hydrogen-bond donors (Lipinski definition) is 2. The van der Waals surface area contributed by atoms with E-state index in [1.165, 1.54) is 17.1 Å². The molecule has 3 rings (SSSR count). The average Bonchev–Trinajstić information content (AvgIpc) is 2.61. The van der Waals surface area contributed by atoms with Gasteiger partial charge in [0.2, 0.25) is 0 Å². The van der Waals surface area contributed by atoms with Crippen LogP contribution in [0.3, 0.4) is 0 Å². The van der Waals surface area contributed by atoms with Crippen LogP contribution in [0.4, 0.5) is 5.69 Å². The van der Waals surface area contributed by atoms with Crippen LogP contribution in [0.2, 0.25) is 5.02 Å². The van der Waals surface area contributed by atoms with Crippen molar-refractivity contribution >= 4 is 23.5 Å². The minimum absolute atomic E-state index is 0.0247. The van der Waals surface area contributed by atoms with Crippen LogP contribution in [0.5, 0.6) is 5.75 Å². The maximum atomic E-state index is 12.3. The van der Waals surface area contributed by atoms with Gasteiger partial charge < -0.3 is 5.11 Å². The summed E-state index contributed by atoms with van der Waals surface area (Å²) in [5.74, 6) is 0.103. The highest BCUT2D eigenvalue weighted by molar-refractivity contribution is 6.32. The van der Waals surface area contributed by atoms with Crippen molar-refractivity contribution < 1.29 is 5.11 Å². The molecule has 2 N–H and O–H groups in total. The quantitative estimate of drug-likeness (QED) is 0.565. The summed E-state index contributed by atoms with van der Waals surface area (Å²) in [5, 5.41) is 17.7. The predicted molar refractivity (Wildman–Crippen MR) is 94.2 cm³/mol. The van der Waals surface area contributed by atoms with Gasteiger partial charge >= 0.3 is 0 Å². The smallest absolute Gasteiger partial charge is 0.292 e. The van der Waals surface area contributed by atoms with Crippen molar-refractivity contribution in [1.82, 2.24) is 9.78 Å². The highest BCUT2D eigenvalue weighted by atomic mass is 35.5. The molecule has 0 saturated carbocycles. The Morgan fingerprint density at radius 3 is 2.58 bits per heavy atom. The third kappa shape index (κ3) is 3.28. The highest BCUT2D eigenvalue weighted by Gasteiger charge is 2.09. The van der Waals surface area contributed by atoms with E-state index in [9.17, 15) is 9.90 Å². The Bertz CT molecular complexity index is 939. The van der Waals surface area contributed by atoms with Gasteiger partial charge in [-0.15, -0.1) is 0 Å². The van der Waals surface area contributed by atoms with E-state index in [2.05, 4.69) is 15.6 Å². The number of anilines is 1. The number of phenolic OH excluding ortho intramolecular Hbond substituents is 1. The summed E-state index contributed by atoms with van der Waals surface area (Å²) in [4.78, 5) is 12.3. The van der Waals surface area contributed by atoms with Gasteiger partial charge in [0.25, 0.3) is 5.56 Å². The minimum atomic E-state index is -0.453. The van der Waals surface area contributed by atoms with Gasteiger partial charge in [-0.3, -0.25) is 10.2 Å². The number of benzene rings is 2. The zero-order valence-electron chi connectivity index (χ0n) is 12.4. The summed E-state index contributed by atoms with van der Waals surface area (Å²) in [5.41, 5.74) is 3.64. The topological polar surface area (TPSA) is 79.5 Å². The number of hydrogen-bond acceptors (Lipinski definition) is 5. The first-order valence-electron chi connectivity index (χ1n) is 7.07. The summed E-state index contributed by atoms with van der Waals surface area (Å²) >= 11 is 6.10. The summed E-state index contributed by atoms with van der Waals surface area (Å²) < 4.78 is 1.21. The fraction of sp³-hybridized carbons (Fsp3) is 0. The molecule has 0 aliphatic rings. The molecule has 0 bridgehead atoms. The molecule has 6 nitrogen and oxygen atoms in total. The lowest BCUT2D eigenvalue weighted by molar-refractivity contribution is 0.474. The Hall–Kier alpha value is -3.12. The van der Waals surface area contributed by atoms with Gasteiger partial charge in [-0.25, -0.2) is 0 Å². The fourth-order valence-corrected chi connectivity index (χ4v) is 2.20. The van der Waals surface area contributed by atoms with Crippen LogP contribution in [-0.2, 0) is 0 Å². The first-order valence-corrected chi connectivity index (χ1v) is 7.45. The number of rotatable bonds is 4. The number of para-hydroxylation sites is 2. The Kier molecular flexibility index (Phi) is 4.58. The maximum absolute atomic E-state index is 12.3. The molecule has 0 saturated heterocycles. The first-order chi connectivity index (χ1) is 11.7. The first kappa shape index (κ1) is 15.8. The normalized spacial score (nSPS) is 10.9. The molecule has 2 aromatic carbocycles. The van der Waals surface area contributed by atoms with Gasteiger partial charge in [0.05, 0.1) is 18.1 Å². The Morgan fingerprint density at radius 1 is 1.12 bits per heavy atom. The molecule has 0 aliphatic carbocycles. The van der Waals surface area contributed by atoms with Crippen molar-refractivity contribution in [2.24, 2.45) is 5.10 Å². The lowest BCUT2D eigenvalue weighted by Crippen LogP contribution is -2.22. The van der Waals surface area contributed by atoms with E-state index in [0.717, 1.165) is 0 Å². The molecule has 0 spiro atoms. The molecule has 0 aliphatic heterocycles. The maximum Gasteiger partial charge on any atom is 0.292 e. The highest BCUT2D eigenvalue weighted by Crippen LogP contribution is 2.17.